The summed E-state index contributed by atoms with van der Waals surface area (Å²) in [5.74, 6) is 0. The Hall–Kier alpha value is -2.64. The van der Waals surface area contributed by atoms with Gasteiger partial charge in [-0.3, -0.25) is 10.1 Å². The van der Waals surface area contributed by atoms with Crippen molar-refractivity contribution in [1.82, 2.24) is 0 Å². The molecule has 0 amide bonds. The van der Waals surface area contributed by atoms with Gasteiger partial charge in [-0.05, 0) is 12.1 Å². The van der Waals surface area contributed by atoms with Crippen molar-refractivity contribution in [3.8, 4) is 12.1 Å². The predicted octanol–water partition coefficient (Wildman–Crippen LogP) is 0.941. The van der Waals surface area contributed by atoms with Gasteiger partial charge in [0.2, 0.25) is 0 Å². The summed E-state index contributed by atoms with van der Waals surface area (Å²) in [6, 6.07) is 7.92. The van der Waals surface area contributed by atoms with Crippen LogP contribution in [-0.2, 0) is 6.61 Å². The first-order chi connectivity index (χ1) is 8.63. The third kappa shape index (κ3) is 2.94. The summed E-state index contributed by atoms with van der Waals surface area (Å²) in [7, 11) is 0. The number of nitro groups is 1. The van der Waals surface area contributed by atoms with E-state index < -0.39 is 11.5 Å². The highest BCUT2D eigenvalue weighted by Gasteiger charge is 2.15. The van der Waals surface area contributed by atoms with Gasteiger partial charge in [-0.15, -0.1) is 0 Å². The van der Waals surface area contributed by atoms with Gasteiger partial charge in [0.15, 0.2) is 0 Å². The minimum absolute atomic E-state index is 0.00373. The number of nitro benzene ring substituents is 1. The second kappa shape index (κ2) is 6.18. The van der Waals surface area contributed by atoms with E-state index in [1.54, 1.807) is 0 Å². The van der Waals surface area contributed by atoms with Crippen LogP contribution in [0, 0.1) is 32.8 Å². The molecule has 0 saturated heterocycles. The van der Waals surface area contributed by atoms with Crippen LogP contribution in [-0.4, -0.2) is 23.1 Å². The Morgan fingerprint density at radius 2 is 1.94 bits per heavy atom. The lowest BCUT2D eigenvalue weighted by atomic mass is 10.1. The van der Waals surface area contributed by atoms with E-state index in [9.17, 15) is 10.1 Å². The van der Waals surface area contributed by atoms with Gasteiger partial charge >= 0.3 is 0 Å². The molecule has 0 aliphatic rings. The van der Waals surface area contributed by atoms with Gasteiger partial charge in [-0.25, -0.2) is 0 Å². The molecule has 0 unspecified atom stereocenters. The molecule has 0 aliphatic carbocycles. The Morgan fingerprint density at radius 1 is 1.33 bits per heavy atom. The van der Waals surface area contributed by atoms with E-state index in [0.29, 0.717) is 5.69 Å². The van der Waals surface area contributed by atoms with E-state index in [1.807, 2.05) is 12.1 Å². The quantitative estimate of drug-likeness (QED) is 0.469. The van der Waals surface area contributed by atoms with Gasteiger partial charge in [0, 0.05) is 11.8 Å². The zero-order valence-electron chi connectivity index (χ0n) is 9.41. The van der Waals surface area contributed by atoms with Crippen molar-refractivity contribution in [1.29, 1.82) is 10.5 Å². The highest BCUT2D eigenvalue weighted by molar-refractivity contribution is 5.56. The number of nitriles is 2. The average molecular weight is 246 g/mol. The largest absolute Gasteiger partial charge is 0.391 e. The van der Waals surface area contributed by atoms with E-state index in [0.717, 1.165) is 0 Å². The molecule has 1 N–H and O–H groups in total. The van der Waals surface area contributed by atoms with Gasteiger partial charge in [0.05, 0.1) is 29.2 Å². The summed E-state index contributed by atoms with van der Waals surface area (Å²) in [6.45, 7) is -0.483. The van der Waals surface area contributed by atoms with Crippen molar-refractivity contribution in [2.75, 3.05) is 18.0 Å². The van der Waals surface area contributed by atoms with Gasteiger partial charge < -0.3 is 10.0 Å². The molecule has 0 aromatic heterocycles. The van der Waals surface area contributed by atoms with E-state index in [4.69, 9.17) is 15.6 Å². The number of aliphatic hydroxyl groups excluding tert-OH is 1. The Balaban J connectivity index is 3.15. The Kier molecular flexibility index (Phi) is 4.61. The molecule has 0 radical (unpaired) electrons. The van der Waals surface area contributed by atoms with Crippen LogP contribution in [0.3, 0.4) is 0 Å². The molecule has 0 spiro atoms. The van der Waals surface area contributed by atoms with Gasteiger partial charge in [0.25, 0.3) is 5.69 Å². The zero-order chi connectivity index (χ0) is 13.5. The Bertz CT molecular complexity index is 514. The number of anilines is 1. The van der Waals surface area contributed by atoms with Crippen molar-refractivity contribution in [2.24, 2.45) is 0 Å². The fourth-order valence-corrected chi connectivity index (χ4v) is 1.48. The fraction of sp³-hybridized carbons (Fsp3) is 0.273. The summed E-state index contributed by atoms with van der Waals surface area (Å²) >= 11 is 0. The first kappa shape index (κ1) is 13.4. The van der Waals surface area contributed by atoms with Crippen LogP contribution in [0.1, 0.15) is 5.56 Å². The maximum Gasteiger partial charge on any atom is 0.275 e. The minimum Gasteiger partial charge on any atom is -0.391 e. The molecule has 7 nitrogen and oxygen atoms in total. The number of aliphatic hydroxyl groups is 1. The lowest BCUT2D eigenvalue weighted by Crippen LogP contribution is -2.23. The van der Waals surface area contributed by atoms with Gasteiger partial charge in [0.1, 0.15) is 13.1 Å². The van der Waals surface area contributed by atoms with Crippen molar-refractivity contribution in [2.45, 2.75) is 6.61 Å². The fourth-order valence-electron chi connectivity index (χ4n) is 1.48. The molecule has 1 rings (SSSR count). The molecule has 0 atom stereocenters. The highest BCUT2D eigenvalue weighted by atomic mass is 16.6. The molecule has 0 heterocycles. The summed E-state index contributed by atoms with van der Waals surface area (Å²) < 4.78 is 0. The van der Waals surface area contributed by atoms with Crippen molar-refractivity contribution in [3.63, 3.8) is 0 Å². The second-order valence-corrected chi connectivity index (χ2v) is 3.40. The molecule has 0 aliphatic heterocycles. The predicted molar refractivity (Wildman–Crippen MR) is 62.5 cm³/mol. The van der Waals surface area contributed by atoms with E-state index in [2.05, 4.69) is 0 Å². The Labute approximate surface area is 103 Å². The molecule has 92 valence electrons. The normalized spacial score (nSPS) is 9.28. The summed E-state index contributed by atoms with van der Waals surface area (Å²) in [6.07, 6.45) is 0. The molecular formula is C11H10N4O3. The van der Waals surface area contributed by atoms with Gasteiger partial charge in [-0.1, -0.05) is 0 Å². The topological polar surface area (TPSA) is 114 Å². The molecule has 1 aromatic carbocycles. The first-order valence-corrected chi connectivity index (χ1v) is 5.01. The molecule has 7 heteroatoms. The van der Waals surface area contributed by atoms with Crippen LogP contribution in [0.25, 0.3) is 0 Å². The summed E-state index contributed by atoms with van der Waals surface area (Å²) in [5, 5.41) is 37.0. The van der Waals surface area contributed by atoms with Crippen molar-refractivity contribution >= 4 is 11.4 Å². The molecule has 0 bridgehead atoms. The maximum absolute atomic E-state index is 10.7. The lowest BCUT2D eigenvalue weighted by Gasteiger charge is -2.18. The SMILES string of the molecule is N#CCN(CC#N)c1ccc([N+](=O)[O-])c(CO)c1. The van der Waals surface area contributed by atoms with Crippen molar-refractivity contribution in [3.05, 3.63) is 33.9 Å². The summed E-state index contributed by atoms with van der Waals surface area (Å²) in [4.78, 5) is 11.6. The standard InChI is InChI=1S/C11H10N4O3/c12-3-5-14(6-4-13)10-1-2-11(15(17)18)9(7-10)8-16/h1-2,7,16H,5-6,8H2. The average Bonchev–Trinajstić information content (AvgIpc) is 2.37. The molecule has 0 saturated carbocycles. The number of rotatable bonds is 5. The molecule has 1 aromatic rings. The second-order valence-electron chi connectivity index (χ2n) is 3.40. The molecule has 18 heavy (non-hydrogen) atoms. The van der Waals surface area contributed by atoms with E-state index >= 15 is 0 Å². The van der Waals surface area contributed by atoms with Crippen LogP contribution in [0.15, 0.2) is 18.2 Å². The maximum atomic E-state index is 10.7. The van der Waals surface area contributed by atoms with E-state index in [1.165, 1.54) is 23.1 Å². The molecular weight excluding hydrogens is 236 g/mol. The smallest absolute Gasteiger partial charge is 0.275 e. The molecule has 0 fully saturated rings. The number of hydrogen-bond acceptors (Lipinski definition) is 6. The number of benzene rings is 1. The third-order valence-corrected chi connectivity index (χ3v) is 2.32. The highest BCUT2D eigenvalue weighted by Crippen LogP contribution is 2.24. The van der Waals surface area contributed by atoms with Crippen LogP contribution < -0.4 is 4.90 Å². The monoisotopic (exact) mass is 246 g/mol. The van der Waals surface area contributed by atoms with Crippen LogP contribution >= 0.6 is 0 Å². The van der Waals surface area contributed by atoms with Gasteiger partial charge in [-0.2, -0.15) is 10.5 Å². The van der Waals surface area contributed by atoms with Crippen molar-refractivity contribution < 1.29 is 10.0 Å². The van der Waals surface area contributed by atoms with Crippen LogP contribution in [0.4, 0.5) is 11.4 Å². The Morgan fingerprint density at radius 3 is 2.39 bits per heavy atom. The van der Waals surface area contributed by atoms with E-state index in [-0.39, 0.29) is 24.3 Å². The number of hydrogen-bond donors (Lipinski definition) is 1. The van der Waals surface area contributed by atoms with Crippen LogP contribution in [0.5, 0.6) is 0 Å². The zero-order valence-corrected chi connectivity index (χ0v) is 9.41. The summed E-state index contributed by atoms with van der Waals surface area (Å²) in [5.41, 5.74) is 0.459. The lowest BCUT2D eigenvalue weighted by molar-refractivity contribution is -0.385. The third-order valence-electron chi connectivity index (χ3n) is 2.32. The van der Waals surface area contributed by atoms with Crippen LogP contribution in [0.2, 0.25) is 0 Å². The minimum atomic E-state index is -0.589. The number of nitrogens with zero attached hydrogens (tertiary/aromatic N) is 4. The first-order valence-electron chi connectivity index (χ1n) is 5.01.